The van der Waals surface area contributed by atoms with E-state index in [0.29, 0.717) is 0 Å². The van der Waals surface area contributed by atoms with Crippen LogP contribution in [-0.2, 0) is 19.1 Å². The van der Waals surface area contributed by atoms with E-state index in [1.165, 1.54) is 20.8 Å². The van der Waals surface area contributed by atoms with E-state index in [4.69, 9.17) is 0 Å². The minimum atomic E-state index is -1.17. The van der Waals surface area contributed by atoms with Crippen LogP contribution in [0.1, 0.15) is 20.8 Å². The molecular weight excluding hydrogens is 248 g/mol. The Kier molecular flexibility index (Phi) is 6.19. The second kappa shape index (κ2) is 6.85. The monoisotopic (exact) mass is 260 g/mol. The fraction of sp³-hybridized carbons (Fsp3) is 0.400. The average Bonchev–Trinajstić information content (AvgIpc) is 2.16. The van der Waals surface area contributed by atoms with Gasteiger partial charge in [-0.15, -0.1) is 0 Å². The van der Waals surface area contributed by atoms with Gasteiger partial charge in [-0.25, -0.2) is 14.4 Å². The van der Waals surface area contributed by atoms with Crippen molar-refractivity contribution >= 4 is 34.3 Å². The Hall–Kier alpha value is -1.63. The summed E-state index contributed by atoms with van der Waals surface area (Å²) in [6.45, 7) is 7.66. The van der Waals surface area contributed by atoms with Gasteiger partial charge in [0.1, 0.15) is 0 Å². The predicted octanol–water partition coefficient (Wildman–Crippen LogP) is 2.28. The minimum Gasteiger partial charge on any atom is -0.384 e. The van der Waals surface area contributed by atoms with Gasteiger partial charge in [-0.05, 0) is 6.92 Å². The first kappa shape index (κ1) is 15.4. The van der Waals surface area contributed by atoms with E-state index >= 15 is 0 Å². The molecule has 0 bridgehead atoms. The highest BCUT2D eigenvalue weighted by molar-refractivity contribution is 8.25. The molecule has 0 heterocycles. The normalized spacial score (nSPS) is 9.65. The molecule has 0 saturated heterocycles. The number of hydrogen-bond donors (Lipinski definition) is 0. The van der Waals surface area contributed by atoms with Crippen LogP contribution >= 0.6 is 11.8 Å². The van der Waals surface area contributed by atoms with Gasteiger partial charge in [0.05, 0.1) is 17.7 Å². The SMILES string of the molecule is C=C(C)C(=O)OC(=O)SC(=O)OC(=O)C(C)C. The summed E-state index contributed by atoms with van der Waals surface area (Å²) in [7, 11) is 0. The van der Waals surface area contributed by atoms with Gasteiger partial charge in [-0.2, -0.15) is 0 Å². The summed E-state index contributed by atoms with van der Waals surface area (Å²) in [6.07, 6.45) is 0. The van der Waals surface area contributed by atoms with E-state index in [0.717, 1.165) is 0 Å². The molecule has 0 amide bonds. The topological polar surface area (TPSA) is 86.7 Å². The van der Waals surface area contributed by atoms with Crippen LogP contribution < -0.4 is 0 Å². The first-order valence-corrected chi connectivity index (χ1v) is 5.40. The van der Waals surface area contributed by atoms with Crippen LogP contribution in [0.5, 0.6) is 0 Å². The van der Waals surface area contributed by atoms with Gasteiger partial charge in [0.2, 0.25) is 0 Å². The Labute approximate surface area is 102 Å². The summed E-state index contributed by atoms with van der Waals surface area (Å²) >= 11 is -0.0140. The third-order valence-electron chi connectivity index (χ3n) is 1.35. The highest BCUT2D eigenvalue weighted by atomic mass is 32.2. The lowest BCUT2D eigenvalue weighted by Gasteiger charge is -2.04. The zero-order valence-corrected chi connectivity index (χ0v) is 10.5. The van der Waals surface area contributed by atoms with Crippen molar-refractivity contribution in [3.63, 3.8) is 0 Å². The summed E-state index contributed by atoms with van der Waals surface area (Å²) in [5, 5.41) is -2.30. The Morgan fingerprint density at radius 1 is 1.06 bits per heavy atom. The molecule has 0 aliphatic carbocycles. The van der Waals surface area contributed by atoms with Crippen LogP contribution in [0, 0.1) is 5.92 Å². The summed E-state index contributed by atoms with van der Waals surface area (Å²) in [5.41, 5.74) is 0.0191. The van der Waals surface area contributed by atoms with E-state index in [1.807, 2.05) is 0 Å². The van der Waals surface area contributed by atoms with Crippen LogP contribution in [0.15, 0.2) is 12.2 Å². The van der Waals surface area contributed by atoms with Crippen LogP contribution in [0.3, 0.4) is 0 Å². The maximum atomic E-state index is 11.0. The fourth-order valence-electron chi connectivity index (χ4n) is 0.472. The number of esters is 2. The average molecular weight is 260 g/mol. The molecule has 0 rings (SSSR count). The predicted molar refractivity (Wildman–Crippen MR) is 60.2 cm³/mol. The Balaban J connectivity index is 4.14. The first-order chi connectivity index (χ1) is 7.73. The van der Waals surface area contributed by atoms with Crippen molar-refractivity contribution in [3.8, 4) is 0 Å². The Bertz CT molecular complexity index is 371. The van der Waals surface area contributed by atoms with E-state index in [2.05, 4.69) is 16.1 Å². The summed E-state index contributed by atoms with van der Waals surface area (Å²) in [5.74, 6) is -2.19. The summed E-state index contributed by atoms with van der Waals surface area (Å²) in [6, 6.07) is 0. The van der Waals surface area contributed by atoms with Gasteiger partial charge in [-0.1, -0.05) is 20.4 Å². The van der Waals surface area contributed by atoms with E-state index in [9.17, 15) is 19.2 Å². The first-order valence-electron chi connectivity index (χ1n) is 4.59. The molecule has 17 heavy (non-hydrogen) atoms. The van der Waals surface area contributed by atoms with Crippen molar-refractivity contribution < 1.29 is 28.7 Å². The van der Waals surface area contributed by atoms with Crippen LogP contribution in [0.4, 0.5) is 9.59 Å². The lowest BCUT2D eigenvalue weighted by molar-refractivity contribution is -0.139. The largest absolute Gasteiger partial charge is 0.386 e. The van der Waals surface area contributed by atoms with Gasteiger partial charge >= 0.3 is 22.5 Å². The fourth-order valence-corrected chi connectivity index (χ4v) is 0.850. The molecule has 0 atom stereocenters. The molecule has 0 unspecified atom stereocenters. The number of carbonyl (C=O) groups excluding carboxylic acids is 4. The second-order valence-corrected chi connectivity index (χ2v) is 4.22. The summed E-state index contributed by atoms with van der Waals surface area (Å²) < 4.78 is 8.47. The van der Waals surface area contributed by atoms with Gasteiger partial charge in [0, 0.05) is 5.57 Å². The van der Waals surface area contributed by atoms with Crippen LogP contribution in [-0.4, -0.2) is 22.5 Å². The molecule has 94 valence electrons. The zero-order valence-electron chi connectivity index (χ0n) is 9.64. The molecule has 0 aliphatic heterocycles. The number of thioether (sulfide) groups is 1. The van der Waals surface area contributed by atoms with Gasteiger partial charge < -0.3 is 9.47 Å². The Morgan fingerprint density at radius 3 is 1.94 bits per heavy atom. The molecule has 0 radical (unpaired) electrons. The molecule has 0 aromatic rings. The molecule has 0 aromatic carbocycles. The van der Waals surface area contributed by atoms with Crippen molar-refractivity contribution in [2.24, 2.45) is 5.92 Å². The van der Waals surface area contributed by atoms with Crippen molar-refractivity contribution in [3.05, 3.63) is 12.2 Å². The van der Waals surface area contributed by atoms with Crippen LogP contribution in [0.25, 0.3) is 0 Å². The molecule has 0 aromatic heterocycles. The van der Waals surface area contributed by atoms with Crippen LogP contribution in [0.2, 0.25) is 0 Å². The van der Waals surface area contributed by atoms with Gasteiger partial charge in [0.15, 0.2) is 0 Å². The maximum absolute atomic E-state index is 11.0. The van der Waals surface area contributed by atoms with E-state index < -0.39 is 28.5 Å². The van der Waals surface area contributed by atoms with E-state index in [-0.39, 0.29) is 17.3 Å². The second-order valence-electron chi connectivity index (χ2n) is 3.35. The highest BCUT2D eigenvalue weighted by Crippen LogP contribution is 2.12. The molecule has 0 spiro atoms. The lowest BCUT2D eigenvalue weighted by Crippen LogP contribution is -2.16. The van der Waals surface area contributed by atoms with E-state index in [1.54, 1.807) is 0 Å². The smallest absolute Gasteiger partial charge is 0.384 e. The molecule has 6 nitrogen and oxygen atoms in total. The molecular formula is C10H12O6S. The van der Waals surface area contributed by atoms with Crippen molar-refractivity contribution in [1.29, 1.82) is 0 Å². The standard InChI is InChI=1S/C10H12O6S/c1-5(2)7(11)15-9(13)17-10(14)16-8(12)6(3)4/h6H,1H2,2-4H3. The van der Waals surface area contributed by atoms with Gasteiger partial charge in [-0.3, -0.25) is 4.79 Å². The number of ether oxygens (including phenoxy) is 2. The third-order valence-corrected chi connectivity index (χ3v) is 1.85. The van der Waals surface area contributed by atoms with Crippen molar-refractivity contribution in [2.75, 3.05) is 0 Å². The zero-order chi connectivity index (χ0) is 13.6. The highest BCUT2D eigenvalue weighted by Gasteiger charge is 2.21. The molecule has 7 heteroatoms. The maximum Gasteiger partial charge on any atom is 0.386 e. The number of rotatable bonds is 2. The van der Waals surface area contributed by atoms with Crippen molar-refractivity contribution in [2.45, 2.75) is 20.8 Å². The third kappa shape index (κ3) is 6.52. The quantitative estimate of drug-likeness (QED) is 0.427. The molecule has 0 N–H and O–H groups in total. The molecule has 0 aliphatic rings. The Morgan fingerprint density at radius 2 is 1.53 bits per heavy atom. The lowest BCUT2D eigenvalue weighted by atomic mass is 10.2. The molecule has 0 saturated carbocycles. The minimum absolute atomic E-state index is 0.0140. The number of hydrogen-bond acceptors (Lipinski definition) is 7. The number of carbonyl (C=O) groups is 4. The summed E-state index contributed by atoms with van der Waals surface area (Å²) in [4.78, 5) is 43.9. The van der Waals surface area contributed by atoms with Gasteiger partial charge in [0.25, 0.3) is 0 Å². The van der Waals surface area contributed by atoms with Crippen molar-refractivity contribution in [1.82, 2.24) is 0 Å². The molecule has 0 fully saturated rings.